The second kappa shape index (κ2) is 7.45. The molecule has 0 radical (unpaired) electrons. The second-order valence-corrected chi connectivity index (χ2v) is 11.4. The molecule has 0 spiro atoms. The number of nitrogen functional groups attached to an aromatic ring is 2. The minimum atomic E-state index is -1.52. The van der Waals surface area contributed by atoms with Gasteiger partial charge in [0.1, 0.15) is 13.9 Å². The van der Waals surface area contributed by atoms with Gasteiger partial charge in [-0.25, -0.2) is 4.98 Å². The summed E-state index contributed by atoms with van der Waals surface area (Å²) in [5, 5.41) is 0. The van der Waals surface area contributed by atoms with Gasteiger partial charge in [-0.3, -0.25) is 0 Å². The van der Waals surface area contributed by atoms with Gasteiger partial charge in [0.15, 0.2) is 11.5 Å². The van der Waals surface area contributed by atoms with Gasteiger partial charge >= 0.3 is 0 Å². The first-order chi connectivity index (χ1) is 11.7. The third-order valence-corrected chi connectivity index (χ3v) is 4.30. The molecule has 2 aromatic rings. The van der Waals surface area contributed by atoms with Crippen LogP contribution in [0.5, 0.6) is 11.5 Å². The van der Waals surface area contributed by atoms with Crippen LogP contribution in [0.25, 0.3) is 0 Å². The number of nitrogens with zero attached hydrogens (tertiary/aromatic N) is 2. The summed E-state index contributed by atoms with van der Waals surface area (Å²) >= 11 is 0. The van der Waals surface area contributed by atoms with Gasteiger partial charge < -0.3 is 20.9 Å². The number of methoxy groups -OCH3 is 2. The molecule has 1 aromatic carbocycles. The maximum absolute atomic E-state index is 5.94. The normalized spacial score (nSPS) is 10.8. The van der Waals surface area contributed by atoms with E-state index < -0.39 is 8.07 Å². The zero-order chi connectivity index (χ0) is 18.6. The molecule has 0 aliphatic rings. The van der Waals surface area contributed by atoms with Crippen molar-refractivity contribution in [3.05, 3.63) is 35.0 Å². The Morgan fingerprint density at radius 2 is 1.84 bits per heavy atom. The predicted molar refractivity (Wildman–Crippen MR) is 103 cm³/mol. The van der Waals surface area contributed by atoms with Crippen LogP contribution in [-0.4, -0.2) is 32.3 Å². The maximum Gasteiger partial charge on any atom is 0.221 e. The third-order valence-electron chi connectivity index (χ3n) is 3.42. The Morgan fingerprint density at radius 1 is 1.12 bits per heavy atom. The van der Waals surface area contributed by atoms with Gasteiger partial charge in [-0.2, -0.15) is 4.98 Å². The molecule has 0 amide bonds. The quantitative estimate of drug-likeness (QED) is 0.645. The fraction of sp³-hybridized carbons (Fsp3) is 0.333. The third kappa shape index (κ3) is 4.87. The van der Waals surface area contributed by atoms with E-state index in [2.05, 4.69) is 41.1 Å². The molecule has 1 heterocycles. The summed E-state index contributed by atoms with van der Waals surface area (Å²) in [5.41, 5.74) is 17.4. The van der Waals surface area contributed by atoms with Crippen molar-refractivity contribution in [3.63, 3.8) is 0 Å². The van der Waals surface area contributed by atoms with E-state index in [1.165, 1.54) is 0 Å². The Bertz CT molecular complexity index is 835. The van der Waals surface area contributed by atoms with E-state index in [-0.39, 0.29) is 5.95 Å². The first kappa shape index (κ1) is 18.6. The van der Waals surface area contributed by atoms with Crippen LogP contribution in [0, 0.1) is 11.5 Å². The molecule has 4 N–H and O–H groups in total. The highest BCUT2D eigenvalue weighted by Crippen LogP contribution is 2.33. The standard InChI is InChI=1S/C18H24N4O2Si/c1-23-15-10-12(9-14-11-21-18(20)22-17(14)19)8-13(16(15)24-2)6-7-25(3,4)5/h8,10-11H,9H2,1-5H3,(H4,19,20,21,22). The van der Waals surface area contributed by atoms with E-state index in [0.29, 0.717) is 23.7 Å². The number of hydrogen-bond acceptors (Lipinski definition) is 6. The van der Waals surface area contributed by atoms with Gasteiger partial charge in [0.2, 0.25) is 5.95 Å². The van der Waals surface area contributed by atoms with Crippen LogP contribution in [0.15, 0.2) is 18.3 Å². The van der Waals surface area contributed by atoms with E-state index in [9.17, 15) is 0 Å². The van der Waals surface area contributed by atoms with E-state index in [4.69, 9.17) is 20.9 Å². The lowest BCUT2D eigenvalue weighted by Crippen LogP contribution is -2.16. The molecule has 1 aromatic heterocycles. The van der Waals surface area contributed by atoms with Crippen molar-refractivity contribution < 1.29 is 9.47 Å². The summed E-state index contributed by atoms with van der Waals surface area (Å²) in [7, 11) is 1.70. The Morgan fingerprint density at radius 3 is 2.40 bits per heavy atom. The van der Waals surface area contributed by atoms with E-state index >= 15 is 0 Å². The van der Waals surface area contributed by atoms with Crippen molar-refractivity contribution in [1.82, 2.24) is 9.97 Å². The van der Waals surface area contributed by atoms with Crippen LogP contribution >= 0.6 is 0 Å². The van der Waals surface area contributed by atoms with Gasteiger partial charge in [-0.15, -0.1) is 5.54 Å². The van der Waals surface area contributed by atoms with Crippen molar-refractivity contribution in [2.75, 3.05) is 25.7 Å². The van der Waals surface area contributed by atoms with Crippen molar-refractivity contribution >= 4 is 19.8 Å². The lowest BCUT2D eigenvalue weighted by atomic mass is 10.0. The summed E-state index contributed by atoms with van der Waals surface area (Å²) in [5.74, 6) is 5.06. The van der Waals surface area contributed by atoms with E-state index in [1.54, 1.807) is 20.4 Å². The van der Waals surface area contributed by atoms with Crippen LogP contribution < -0.4 is 20.9 Å². The molecule has 132 valence electrons. The van der Waals surface area contributed by atoms with Crippen molar-refractivity contribution in [3.8, 4) is 23.0 Å². The van der Waals surface area contributed by atoms with Gasteiger partial charge in [0.05, 0.1) is 19.8 Å². The smallest absolute Gasteiger partial charge is 0.221 e. The number of nitrogens with two attached hydrogens (primary N) is 2. The largest absolute Gasteiger partial charge is 0.493 e. The second-order valence-electron chi connectivity index (χ2n) is 6.69. The molecule has 25 heavy (non-hydrogen) atoms. The predicted octanol–water partition coefficient (Wildman–Crippen LogP) is 2.48. The van der Waals surface area contributed by atoms with Gasteiger partial charge in [-0.1, -0.05) is 25.6 Å². The lowest BCUT2D eigenvalue weighted by molar-refractivity contribution is 0.354. The van der Waals surface area contributed by atoms with Crippen molar-refractivity contribution in [2.45, 2.75) is 26.1 Å². The number of aromatic nitrogens is 2. The first-order valence-corrected chi connectivity index (χ1v) is 11.4. The summed E-state index contributed by atoms with van der Waals surface area (Å²) in [4.78, 5) is 8.01. The van der Waals surface area contributed by atoms with Gasteiger partial charge in [0, 0.05) is 18.2 Å². The molecule has 2 rings (SSSR count). The fourth-order valence-corrected chi connectivity index (χ4v) is 2.77. The SMILES string of the molecule is COc1cc(Cc2cnc(N)nc2N)cc(C#C[Si](C)(C)C)c1OC. The summed E-state index contributed by atoms with van der Waals surface area (Å²) < 4.78 is 11.0. The molecular formula is C18H24N4O2Si. The molecule has 0 aliphatic heterocycles. The number of anilines is 2. The lowest BCUT2D eigenvalue weighted by Gasteiger charge is -2.13. The zero-order valence-corrected chi connectivity index (χ0v) is 16.3. The molecule has 0 fully saturated rings. The average Bonchev–Trinajstić information content (AvgIpc) is 2.54. The molecule has 7 heteroatoms. The van der Waals surface area contributed by atoms with E-state index in [0.717, 1.165) is 16.7 Å². The summed E-state index contributed by atoms with van der Waals surface area (Å²) in [6.45, 7) is 6.58. The van der Waals surface area contributed by atoms with Crippen LogP contribution in [0.4, 0.5) is 11.8 Å². The molecule has 0 unspecified atom stereocenters. The number of ether oxygens (including phenoxy) is 2. The molecule has 0 saturated heterocycles. The Balaban J connectivity index is 2.49. The van der Waals surface area contributed by atoms with Crippen LogP contribution in [0.3, 0.4) is 0 Å². The fourth-order valence-electron chi connectivity index (χ4n) is 2.26. The highest BCUT2D eigenvalue weighted by Gasteiger charge is 2.14. The van der Waals surface area contributed by atoms with Gasteiger partial charge in [-0.05, 0) is 17.7 Å². The van der Waals surface area contributed by atoms with Crippen molar-refractivity contribution in [2.24, 2.45) is 0 Å². The van der Waals surface area contributed by atoms with E-state index in [1.807, 2.05) is 12.1 Å². The minimum absolute atomic E-state index is 0.162. The number of benzene rings is 1. The summed E-state index contributed by atoms with van der Waals surface area (Å²) in [6.07, 6.45) is 2.19. The molecule has 6 nitrogen and oxygen atoms in total. The number of hydrogen-bond donors (Lipinski definition) is 2. The first-order valence-electron chi connectivity index (χ1n) is 7.88. The molecule has 0 bridgehead atoms. The minimum Gasteiger partial charge on any atom is -0.493 e. The molecule has 0 aliphatic carbocycles. The Hall–Kier alpha value is -2.72. The molecular weight excluding hydrogens is 332 g/mol. The highest BCUT2D eigenvalue weighted by atomic mass is 28.3. The summed E-state index contributed by atoms with van der Waals surface area (Å²) in [6, 6.07) is 3.90. The highest BCUT2D eigenvalue weighted by molar-refractivity contribution is 6.83. The Kier molecular flexibility index (Phi) is 5.54. The monoisotopic (exact) mass is 356 g/mol. The molecule has 0 saturated carbocycles. The van der Waals surface area contributed by atoms with Crippen molar-refractivity contribution in [1.29, 1.82) is 0 Å². The van der Waals surface area contributed by atoms with Crippen LogP contribution in [0.1, 0.15) is 16.7 Å². The van der Waals surface area contributed by atoms with Crippen LogP contribution in [0.2, 0.25) is 19.6 Å². The van der Waals surface area contributed by atoms with Crippen LogP contribution in [-0.2, 0) is 6.42 Å². The topological polar surface area (TPSA) is 96.3 Å². The molecule has 0 atom stereocenters. The average molecular weight is 357 g/mol. The zero-order valence-electron chi connectivity index (χ0n) is 15.3. The number of rotatable bonds is 4. The van der Waals surface area contributed by atoms with Gasteiger partial charge in [0.25, 0.3) is 0 Å². The maximum atomic E-state index is 5.94. The Labute approximate surface area is 149 Å².